The van der Waals surface area contributed by atoms with Gasteiger partial charge >= 0.3 is 6.03 Å². The predicted molar refractivity (Wildman–Crippen MR) is 142 cm³/mol. The summed E-state index contributed by atoms with van der Waals surface area (Å²) in [5.74, 6) is 0. The standard InChI is InChI=1S/C27H53BN2O4/c1-6-7-8-9-10-11-12-13-14-15-16-17-18-19-20-29-26(31)30-23-24(34-27(2,3)4)22(21-32-5)33-25(23)28/h22-25H,6-21H2,1-5H3,(H2,29,30,31). The first-order chi connectivity index (χ1) is 16.3. The highest BCUT2D eigenvalue weighted by molar-refractivity contribution is 6.12. The third-order valence-electron chi connectivity index (χ3n) is 6.34. The molecular formula is C27H53BN2O4. The Labute approximate surface area is 211 Å². The fourth-order valence-corrected chi connectivity index (χ4v) is 4.53. The Hall–Kier alpha value is -0.785. The Balaban J connectivity index is 2.09. The number of ether oxygens (including phenoxy) is 3. The van der Waals surface area contributed by atoms with E-state index >= 15 is 0 Å². The lowest BCUT2D eigenvalue weighted by Crippen LogP contribution is -2.54. The third-order valence-corrected chi connectivity index (χ3v) is 6.34. The van der Waals surface area contributed by atoms with Crippen LogP contribution in [-0.4, -0.2) is 64.0 Å². The summed E-state index contributed by atoms with van der Waals surface area (Å²) in [4.78, 5) is 12.4. The highest BCUT2D eigenvalue weighted by atomic mass is 16.6. The number of rotatable bonds is 19. The van der Waals surface area contributed by atoms with Gasteiger partial charge < -0.3 is 24.8 Å². The van der Waals surface area contributed by atoms with Crippen LogP contribution in [0.4, 0.5) is 4.79 Å². The third kappa shape index (κ3) is 14.6. The fraction of sp³-hybridized carbons (Fsp3) is 0.963. The Kier molecular flexibility index (Phi) is 17.0. The van der Waals surface area contributed by atoms with Gasteiger partial charge in [-0.15, -0.1) is 0 Å². The van der Waals surface area contributed by atoms with Gasteiger partial charge in [0.1, 0.15) is 20.1 Å². The molecule has 6 nitrogen and oxygen atoms in total. The first kappa shape index (κ1) is 31.2. The van der Waals surface area contributed by atoms with Gasteiger partial charge in [-0.05, 0) is 27.2 Å². The van der Waals surface area contributed by atoms with Crippen molar-refractivity contribution in [1.82, 2.24) is 10.6 Å². The maximum absolute atomic E-state index is 12.4. The number of amides is 2. The van der Waals surface area contributed by atoms with Crippen molar-refractivity contribution in [2.24, 2.45) is 0 Å². The zero-order chi connectivity index (χ0) is 25.2. The average Bonchev–Trinajstić information content (AvgIpc) is 3.04. The molecule has 1 rings (SSSR count). The van der Waals surface area contributed by atoms with E-state index in [1.165, 1.54) is 77.0 Å². The molecule has 198 valence electrons. The Morgan fingerprint density at radius 1 is 0.882 bits per heavy atom. The van der Waals surface area contributed by atoms with Crippen molar-refractivity contribution in [1.29, 1.82) is 0 Å². The molecule has 1 saturated heterocycles. The summed E-state index contributed by atoms with van der Waals surface area (Å²) in [6.07, 6.45) is 17.9. The topological polar surface area (TPSA) is 68.8 Å². The van der Waals surface area contributed by atoms with E-state index in [2.05, 4.69) is 17.6 Å². The lowest BCUT2D eigenvalue weighted by atomic mass is 9.90. The molecule has 0 aliphatic carbocycles. The van der Waals surface area contributed by atoms with Crippen LogP contribution in [0, 0.1) is 0 Å². The normalized spacial score (nSPS) is 22.7. The van der Waals surface area contributed by atoms with Crippen LogP contribution in [0.5, 0.6) is 0 Å². The maximum Gasteiger partial charge on any atom is 0.315 e. The van der Waals surface area contributed by atoms with E-state index in [9.17, 15) is 4.79 Å². The van der Waals surface area contributed by atoms with Gasteiger partial charge in [0.25, 0.3) is 0 Å². The molecule has 1 aliphatic heterocycles. The van der Waals surface area contributed by atoms with Crippen LogP contribution >= 0.6 is 0 Å². The number of methoxy groups -OCH3 is 1. The van der Waals surface area contributed by atoms with E-state index in [0.717, 1.165) is 12.8 Å². The molecule has 0 spiro atoms. The van der Waals surface area contributed by atoms with Gasteiger partial charge in [-0.2, -0.15) is 0 Å². The molecular weight excluding hydrogens is 427 g/mol. The van der Waals surface area contributed by atoms with E-state index in [4.69, 9.17) is 22.1 Å². The van der Waals surface area contributed by atoms with Crippen LogP contribution in [0.2, 0.25) is 0 Å². The van der Waals surface area contributed by atoms with E-state index < -0.39 is 12.0 Å². The van der Waals surface area contributed by atoms with Crippen LogP contribution in [0.25, 0.3) is 0 Å². The molecule has 34 heavy (non-hydrogen) atoms. The molecule has 2 amide bonds. The van der Waals surface area contributed by atoms with Crippen molar-refractivity contribution >= 4 is 13.9 Å². The number of hydrogen-bond donors (Lipinski definition) is 2. The Morgan fingerprint density at radius 3 is 1.85 bits per heavy atom. The highest BCUT2D eigenvalue weighted by Gasteiger charge is 2.45. The monoisotopic (exact) mass is 480 g/mol. The minimum Gasteiger partial charge on any atom is -0.382 e. The number of urea groups is 1. The van der Waals surface area contributed by atoms with E-state index in [1.807, 2.05) is 20.8 Å². The molecule has 0 aromatic heterocycles. The van der Waals surface area contributed by atoms with Gasteiger partial charge in [0, 0.05) is 19.7 Å². The zero-order valence-corrected chi connectivity index (χ0v) is 22.8. The molecule has 4 unspecified atom stereocenters. The Morgan fingerprint density at radius 2 is 1.38 bits per heavy atom. The summed E-state index contributed by atoms with van der Waals surface area (Å²) < 4.78 is 17.2. The second-order valence-electron chi connectivity index (χ2n) is 10.8. The maximum atomic E-state index is 12.4. The molecule has 1 aliphatic rings. The summed E-state index contributed by atoms with van der Waals surface area (Å²) in [5, 5.41) is 5.91. The summed E-state index contributed by atoms with van der Waals surface area (Å²) in [7, 11) is 7.76. The number of unbranched alkanes of at least 4 members (excludes halogenated alkanes) is 13. The van der Waals surface area contributed by atoms with Crippen LogP contribution in [0.15, 0.2) is 0 Å². The molecule has 0 saturated carbocycles. The molecule has 0 aromatic carbocycles. The molecule has 0 aromatic rings. The van der Waals surface area contributed by atoms with Crippen molar-refractivity contribution < 1.29 is 19.0 Å². The van der Waals surface area contributed by atoms with Crippen molar-refractivity contribution in [2.45, 2.75) is 147 Å². The van der Waals surface area contributed by atoms with Crippen LogP contribution in [0.3, 0.4) is 0 Å². The van der Waals surface area contributed by atoms with Crippen molar-refractivity contribution in [2.75, 3.05) is 20.3 Å². The smallest absolute Gasteiger partial charge is 0.315 e. The number of nitrogens with one attached hydrogen (secondary N) is 2. The van der Waals surface area contributed by atoms with Crippen LogP contribution in [0.1, 0.15) is 118 Å². The minimum absolute atomic E-state index is 0.223. The van der Waals surface area contributed by atoms with Crippen molar-refractivity contribution in [3.8, 4) is 0 Å². The second-order valence-corrected chi connectivity index (χ2v) is 10.8. The lowest BCUT2D eigenvalue weighted by Gasteiger charge is -2.31. The molecule has 1 heterocycles. The average molecular weight is 481 g/mol. The second kappa shape index (κ2) is 18.5. The van der Waals surface area contributed by atoms with Crippen LogP contribution < -0.4 is 10.6 Å². The molecule has 0 bridgehead atoms. The van der Waals surface area contributed by atoms with Gasteiger partial charge in [0.2, 0.25) is 0 Å². The fourth-order valence-electron chi connectivity index (χ4n) is 4.53. The summed E-state index contributed by atoms with van der Waals surface area (Å²) >= 11 is 0. The van der Waals surface area contributed by atoms with Gasteiger partial charge in [0.15, 0.2) is 0 Å². The number of carbonyl (C=O) groups excluding carboxylic acids is 1. The van der Waals surface area contributed by atoms with Gasteiger partial charge in [-0.1, -0.05) is 90.4 Å². The van der Waals surface area contributed by atoms with Gasteiger partial charge in [-0.3, -0.25) is 0 Å². The molecule has 2 N–H and O–H groups in total. The van der Waals surface area contributed by atoms with E-state index in [0.29, 0.717) is 13.2 Å². The molecule has 4 atom stereocenters. The summed E-state index contributed by atoms with van der Waals surface area (Å²) in [5.41, 5.74) is -0.380. The van der Waals surface area contributed by atoms with Crippen molar-refractivity contribution in [3.63, 3.8) is 0 Å². The number of carbonyl (C=O) groups is 1. The molecule has 7 heteroatoms. The number of hydrogen-bond acceptors (Lipinski definition) is 4. The quantitative estimate of drug-likeness (QED) is 0.180. The molecule has 1 fully saturated rings. The first-order valence-corrected chi connectivity index (χ1v) is 13.9. The highest BCUT2D eigenvalue weighted by Crippen LogP contribution is 2.27. The largest absolute Gasteiger partial charge is 0.382 e. The van der Waals surface area contributed by atoms with Crippen LogP contribution in [-0.2, 0) is 14.2 Å². The van der Waals surface area contributed by atoms with Crippen molar-refractivity contribution in [3.05, 3.63) is 0 Å². The lowest BCUT2D eigenvalue weighted by molar-refractivity contribution is -0.106. The van der Waals surface area contributed by atoms with E-state index in [-0.39, 0.29) is 23.8 Å². The van der Waals surface area contributed by atoms with Gasteiger partial charge in [-0.25, -0.2) is 4.79 Å². The summed E-state index contributed by atoms with van der Waals surface area (Å²) in [6.45, 7) is 9.24. The Bertz CT molecular complexity index is 515. The SMILES string of the molecule is [B]C1OC(COC)C(OC(C)(C)C)C1NC(=O)NCCCCCCCCCCCCCCCC. The minimum atomic E-state index is -0.626. The molecule has 2 radical (unpaired) electrons. The first-order valence-electron chi connectivity index (χ1n) is 13.9. The summed E-state index contributed by atoms with van der Waals surface area (Å²) in [6, 6.07) is -1.27. The van der Waals surface area contributed by atoms with E-state index in [1.54, 1.807) is 7.11 Å². The zero-order valence-electron chi connectivity index (χ0n) is 22.8. The predicted octanol–water partition coefficient (Wildman–Crippen LogP) is 5.86. The van der Waals surface area contributed by atoms with Gasteiger partial charge in [0.05, 0.1) is 18.2 Å².